The number of nitrogens with one attached hydrogen (secondary N) is 2. The SMILES string of the molecule is C=C/C(N)=C(\C=C(/C=C)c1cncc(OC)n1)C(=N)/C(N)=C/C(=N)N1CCOCC1. The molecular formula is C21H27N7O2. The highest BCUT2D eigenvalue weighted by Gasteiger charge is 2.16. The predicted octanol–water partition coefficient (Wildman–Crippen LogP) is 1.63. The quantitative estimate of drug-likeness (QED) is 0.290. The van der Waals surface area contributed by atoms with E-state index in [0.717, 1.165) is 0 Å². The van der Waals surface area contributed by atoms with Crippen molar-refractivity contribution < 1.29 is 9.47 Å². The summed E-state index contributed by atoms with van der Waals surface area (Å²) in [4.78, 5) is 10.3. The molecule has 1 aliphatic heterocycles. The average molecular weight is 409 g/mol. The molecule has 1 saturated heterocycles. The standard InChI is InChI=1S/C21H27N7O2/c1-4-14(18-12-26-13-20(27-18)29-3)10-15(16(22)5-2)21(25)17(23)11-19(24)28-6-8-30-9-7-28/h4-5,10-13,24-25H,1-2,6-9,22-23H2,3H3/b14-10+,16-15-,17-11-,24-19?,25-21?. The van der Waals surface area contributed by atoms with Gasteiger partial charge in [-0.1, -0.05) is 19.2 Å². The van der Waals surface area contributed by atoms with E-state index in [-0.39, 0.29) is 22.9 Å². The fraction of sp³-hybridized carbons (Fsp3) is 0.238. The lowest BCUT2D eigenvalue weighted by Gasteiger charge is -2.27. The third-order valence-corrected chi connectivity index (χ3v) is 4.37. The van der Waals surface area contributed by atoms with Crippen LogP contribution < -0.4 is 16.2 Å². The predicted molar refractivity (Wildman–Crippen MR) is 118 cm³/mol. The monoisotopic (exact) mass is 409 g/mol. The van der Waals surface area contributed by atoms with Crippen LogP contribution in [0.1, 0.15) is 5.69 Å². The Morgan fingerprint density at radius 1 is 1.17 bits per heavy atom. The van der Waals surface area contributed by atoms with Gasteiger partial charge in [-0.3, -0.25) is 15.8 Å². The molecule has 0 bridgehead atoms. The molecule has 6 N–H and O–H groups in total. The third-order valence-electron chi connectivity index (χ3n) is 4.37. The molecule has 1 aromatic rings. The lowest BCUT2D eigenvalue weighted by atomic mass is 10.00. The molecule has 0 unspecified atom stereocenters. The first kappa shape index (κ1) is 22.6. The number of aromatic nitrogens is 2. The molecule has 2 rings (SSSR count). The van der Waals surface area contributed by atoms with Crippen LogP contribution in [0.25, 0.3) is 5.57 Å². The number of nitrogens with two attached hydrogens (primary N) is 2. The number of ether oxygens (including phenoxy) is 2. The van der Waals surface area contributed by atoms with Gasteiger partial charge in [0, 0.05) is 36.0 Å². The van der Waals surface area contributed by atoms with Gasteiger partial charge in [0.2, 0.25) is 5.88 Å². The summed E-state index contributed by atoms with van der Waals surface area (Å²) < 4.78 is 10.4. The van der Waals surface area contributed by atoms with Crippen molar-refractivity contribution in [2.45, 2.75) is 0 Å². The first-order valence-corrected chi connectivity index (χ1v) is 9.21. The van der Waals surface area contributed by atoms with Gasteiger partial charge in [0.25, 0.3) is 0 Å². The molecule has 0 spiro atoms. The lowest BCUT2D eigenvalue weighted by molar-refractivity contribution is 0.0681. The summed E-state index contributed by atoms with van der Waals surface area (Å²) in [7, 11) is 1.50. The highest BCUT2D eigenvalue weighted by molar-refractivity contribution is 6.15. The van der Waals surface area contributed by atoms with E-state index in [4.69, 9.17) is 31.8 Å². The summed E-state index contributed by atoms with van der Waals surface area (Å²) in [5.41, 5.74) is 13.9. The minimum absolute atomic E-state index is 0.0411. The molecule has 9 heteroatoms. The van der Waals surface area contributed by atoms with Crippen molar-refractivity contribution >= 4 is 17.1 Å². The van der Waals surface area contributed by atoms with Crippen molar-refractivity contribution in [3.8, 4) is 5.88 Å². The normalized spacial score (nSPS) is 15.8. The van der Waals surface area contributed by atoms with Gasteiger partial charge in [-0.25, -0.2) is 4.98 Å². The van der Waals surface area contributed by atoms with Crippen molar-refractivity contribution in [2.24, 2.45) is 11.5 Å². The van der Waals surface area contributed by atoms with Gasteiger partial charge in [0.15, 0.2) is 0 Å². The van der Waals surface area contributed by atoms with Gasteiger partial charge in [0.05, 0.1) is 49.8 Å². The first-order chi connectivity index (χ1) is 14.4. The minimum Gasteiger partial charge on any atom is -0.480 e. The average Bonchev–Trinajstić information content (AvgIpc) is 2.79. The highest BCUT2D eigenvalue weighted by Crippen LogP contribution is 2.20. The van der Waals surface area contributed by atoms with Crippen LogP contribution in [0.4, 0.5) is 0 Å². The number of nitrogens with zero attached hydrogens (tertiary/aromatic N) is 3. The molecule has 0 amide bonds. The van der Waals surface area contributed by atoms with Crippen molar-refractivity contribution in [2.75, 3.05) is 33.4 Å². The van der Waals surface area contributed by atoms with Gasteiger partial charge in [-0.2, -0.15) is 0 Å². The molecule has 0 aliphatic carbocycles. The number of hydrogen-bond acceptors (Lipinski definition) is 8. The lowest BCUT2D eigenvalue weighted by Crippen LogP contribution is -2.40. The number of morpholine rings is 1. The van der Waals surface area contributed by atoms with Crippen LogP contribution >= 0.6 is 0 Å². The number of amidine groups is 1. The van der Waals surface area contributed by atoms with Gasteiger partial charge in [-0.05, 0) is 12.2 Å². The Balaban J connectivity index is 2.38. The summed E-state index contributed by atoms with van der Waals surface area (Å²) in [6.45, 7) is 9.79. The molecule has 0 atom stereocenters. The second-order valence-corrected chi connectivity index (χ2v) is 6.28. The largest absolute Gasteiger partial charge is 0.480 e. The van der Waals surface area contributed by atoms with E-state index in [2.05, 4.69) is 23.1 Å². The van der Waals surface area contributed by atoms with Crippen LogP contribution in [-0.2, 0) is 4.74 Å². The second-order valence-electron chi connectivity index (χ2n) is 6.28. The number of methoxy groups -OCH3 is 1. The summed E-state index contributed by atoms with van der Waals surface area (Å²) >= 11 is 0. The third kappa shape index (κ3) is 5.65. The summed E-state index contributed by atoms with van der Waals surface area (Å²) in [6, 6.07) is 0. The molecule has 1 aromatic heterocycles. The Hall–Kier alpha value is -3.72. The van der Waals surface area contributed by atoms with Crippen LogP contribution in [0.2, 0.25) is 0 Å². The van der Waals surface area contributed by atoms with E-state index in [0.29, 0.717) is 49.0 Å². The van der Waals surface area contributed by atoms with E-state index in [1.807, 2.05) is 4.90 Å². The Bertz CT molecular complexity index is 925. The van der Waals surface area contributed by atoms with E-state index < -0.39 is 0 Å². The van der Waals surface area contributed by atoms with Crippen molar-refractivity contribution in [1.29, 1.82) is 10.8 Å². The summed E-state index contributed by atoms with van der Waals surface area (Å²) in [5.74, 6) is 0.555. The number of hydrogen-bond donors (Lipinski definition) is 4. The zero-order valence-corrected chi connectivity index (χ0v) is 17.0. The van der Waals surface area contributed by atoms with Crippen LogP contribution in [0.3, 0.4) is 0 Å². The molecular weight excluding hydrogens is 382 g/mol. The van der Waals surface area contributed by atoms with E-state index >= 15 is 0 Å². The minimum atomic E-state index is -0.0411. The fourth-order valence-electron chi connectivity index (χ4n) is 2.66. The smallest absolute Gasteiger partial charge is 0.232 e. The Kier molecular flexibility index (Phi) is 8.07. The first-order valence-electron chi connectivity index (χ1n) is 9.21. The summed E-state index contributed by atoms with van der Waals surface area (Å²) in [6.07, 6.45) is 9.11. The van der Waals surface area contributed by atoms with Crippen molar-refractivity contribution in [3.05, 3.63) is 72.5 Å². The van der Waals surface area contributed by atoms with E-state index in [1.54, 1.807) is 18.3 Å². The van der Waals surface area contributed by atoms with Crippen molar-refractivity contribution in [1.82, 2.24) is 14.9 Å². The Morgan fingerprint density at radius 2 is 1.87 bits per heavy atom. The van der Waals surface area contributed by atoms with Crippen LogP contribution in [0, 0.1) is 10.8 Å². The fourth-order valence-corrected chi connectivity index (χ4v) is 2.66. The number of allylic oxidation sites excluding steroid dienone is 5. The summed E-state index contributed by atoms with van der Waals surface area (Å²) in [5, 5.41) is 16.8. The van der Waals surface area contributed by atoms with Gasteiger partial charge < -0.3 is 25.8 Å². The van der Waals surface area contributed by atoms with Crippen molar-refractivity contribution in [3.63, 3.8) is 0 Å². The molecule has 158 valence electrons. The highest BCUT2D eigenvalue weighted by atomic mass is 16.5. The zero-order chi connectivity index (χ0) is 22.1. The zero-order valence-electron chi connectivity index (χ0n) is 17.0. The molecule has 30 heavy (non-hydrogen) atoms. The van der Waals surface area contributed by atoms with Gasteiger partial charge in [-0.15, -0.1) is 0 Å². The molecule has 0 radical (unpaired) electrons. The maximum atomic E-state index is 8.54. The van der Waals surface area contributed by atoms with Gasteiger partial charge in [0.1, 0.15) is 5.84 Å². The maximum absolute atomic E-state index is 8.54. The van der Waals surface area contributed by atoms with Crippen LogP contribution in [-0.4, -0.2) is 59.8 Å². The second kappa shape index (κ2) is 10.7. The van der Waals surface area contributed by atoms with Gasteiger partial charge >= 0.3 is 0 Å². The molecule has 2 heterocycles. The maximum Gasteiger partial charge on any atom is 0.232 e. The molecule has 1 fully saturated rings. The van der Waals surface area contributed by atoms with E-state index in [9.17, 15) is 0 Å². The molecule has 0 saturated carbocycles. The van der Waals surface area contributed by atoms with E-state index in [1.165, 1.54) is 25.5 Å². The molecule has 0 aromatic carbocycles. The molecule has 1 aliphatic rings. The topological polar surface area (TPSA) is 147 Å². The molecule has 9 nitrogen and oxygen atoms in total. The van der Waals surface area contributed by atoms with Crippen LogP contribution in [0.5, 0.6) is 5.88 Å². The van der Waals surface area contributed by atoms with Crippen LogP contribution in [0.15, 0.2) is 66.8 Å². The Morgan fingerprint density at radius 3 is 2.47 bits per heavy atom. The Labute approximate surface area is 176 Å². The number of rotatable bonds is 8.